The topological polar surface area (TPSA) is 121 Å². The predicted octanol–water partition coefficient (Wildman–Crippen LogP) is 1.56. The standard InChI is InChI=1S/C15H13NO6S/c17-14(18)10-5-7-12(8-6-10)23(21,22)16-9-11-3-1-2-4-13(11)15(19)20/h1-8,16H,9H2,(H,17,18)(H,19,20). The van der Waals surface area contributed by atoms with Crippen molar-refractivity contribution >= 4 is 22.0 Å². The van der Waals surface area contributed by atoms with Gasteiger partial charge in [-0.3, -0.25) is 0 Å². The van der Waals surface area contributed by atoms with Crippen LogP contribution in [0.25, 0.3) is 0 Å². The first-order valence-corrected chi connectivity index (χ1v) is 7.94. The summed E-state index contributed by atoms with van der Waals surface area (Å²) in [6.07, 6.45) is 0. The molecule has 0 aromatic heterocycles. The van der Waals surface area contributed by atoms with Crippen LogP contribution in [0.5, 0.6) is 0 Å². The van der Waals surface area contributed by atoms with Crippen LogP contribution in [-0.4, -0.2) is 30.6 Å². The Hall–Kier alpha value is -2.71. The summed E-state index contributed by atoms with van der Waals surface area (Å²) >= 11 is 0. The molecule has 120 valence electrons. The van der Waals surface area contributed by atoms with E-state index in [-0.39, 0.29) is 22.6 Å². The van der Waals surface area contributed by atoms with Crippen LogP contribution >= 0.6 is 0 Å². The Morgan fingerprint density at radius 1 is 0.913 bits per heavy atom. The zero-order valence-electron chi connectivity index (χ0n) is 11.8. The fourth-order valence-corrected chi connectivity index (χ4v) is 2.92. The molecular formula is C15H13NO6S. The molecule has 23 heavy (non-hydrogen) atoms. The van der Waals surface area contributed by atoms with E-state index in [9.17, 15) is 18.0 Å². The van der Waals surface area contributed by atoms with Crippen LogP contribution in [0.2, 0.25) is 0 Å². The molecular weight excluding hydrogens is 322 g/mol. The quantitative estimate of drug-likeness (QED) is 0.737. The average Bonchev–Trinajstić information content (AvgIpc) is 2.53. The maximum Gasteiger partial charge on any atom is 0.336 e. The van der Waals surface area contributed by atoms with Crippen molar-refractivity contribution in [1.29, 1.82) is 0 Å². The summed E-state index contributed by atoms with van der Waals surface area (Å²) in [5.74, 6) is -2.30. The molecule has 2 aromatic rings. The average molecular weight is 335 g/mol. The van der Waals surface area contributed by atoms with Crippen molar-refractivity contribution in [2.75, 3.05) is 0 Å². The Morgan fingerprint density at radius 2 is 1.52 bits per heavy atom. The minimum Gasteiger partial charge on any atom is -0.478 e. The summed E-state index contributed by atoms with van der Waals surface area (Å²) < 4.78 is 26.6. The Kier molecular flexibility index (Phi) is 4.77. The second-order valence-electron chi connectivity index (χ2n) is 4.62. The fraction of sp³-hybridized carbons (Fsp3) is 0.0667. The Bertz CT molecular complexity index is 843. The van der Waals surface area contributed by atoms with Gasteiger partial charge in [0.2, 0.25) is 10.0 Å². The van der Waals surface area contributed by atoms with Crippen LogP contribution in [0.4, 0.5) is 0 Å². The van der Waals surface area contributed by atoms with Gasteiger partial charge in [0.15, 0.2) is 0 Å². The molecule has 0 aliphatic rings. The molecule has 0 fully saturated rings. The number of carboxylic acid groups (broad SMARTS) is 2. The summed E-state index contributed by atoms with van der Waals surface area (Å²) in [6.45, 7) is -0.189. The van der Waals surface area contributed by atoms with E-state index >= 15 is 0 Å². The molecule has 0 radical (unpaired) electrons. The maximum absolute atomic E-state index is 12.2. The molecule has 2 rings (SSSR count). The first kappa shape index (κ1) is 16.7. The summed E-state index contributed by atoms with van der Waals surface area (Å²) in [7, 11) is -3.88. The molecule has 0 bridgehead atoms. The van der Waals surface area contributed by atoms with Crippen LogP contribution in [0, 0.1) is 0 Å². The van der Waals surface area contributed by atoms with Crippen molar-refractivity contribution in [2.24, 2.45) is 0 Å². The van der Waals surface area contributed by atoms with Crippen molar-refractivity contribution in [2.45, 2.75) is 11.4 Å². The fourth-order valence-electron chi connectivity index (χ4n) is 1.92. The molecule has 0 aliphatic carbocycles. The normalized spacial score (nSPS) is 11.1. The molecule has 0 unspecified atom stereocenters. The number of carboxylic acids is 2. The Labute approximate surface area is 132 Å². The summed E-state index contributed by atoms with van der Waals surface area (Å²) in [5.41, 5.74) is 0.308. The second kappa shape index (κ2) is 6.59. The molecule has 0 heterocycles. The zero-order chi connectivity index (χ0) is 17.0. The van der Waals surface area contributed by atoms with E-state index in [0.717, 1.165) is 0 Å². The number of benzene rings is 2. The highest BCUT2D eigenvalue weighted by Crippen LogP contribution is 2.13. The molecule has 0 amide bonds. The van der Waals surface area contributed by atoms with Gasteiger partial charge in [-0.05, 0) is 35.9 Å². The van der Waals surface area contributed by atoms with Gasteiger partial charge >= 0.3 is 11.9 Å². The molecule has 0 atom stereocenters. The number of carbonyl (C=O) groups is 2. The molecule has 8 heteroatoms. The van der Waals surface area contributed by atoms with Gasteiger partial charge in [-0.25, -0.2) is 22.7 Å². The molecule has 0 saturated carbocycles. The zero-order valence-corrected chi connectivity index (χ0v) is 12.6. The van der Waals surface area contributed by atoms with E-state index < -0.39 is 22.0 Å². The van der Waals surface area contributed by atoms with Crippen molar-refractivity contribution in [3.8, 4) is 0 Å². The highest BCUT2D eigenvalue weighted by atomic mass is 32.2. The van der Waals surface area contributed by atoms with E-state index in [2.05, 4.69) is 4.72 Å². The largest absolute Gasteiger partial charge is 0.478 e. The highest BCUT2D eigenvalue weighted by Gasteiger charge is 2.16. The van der Waals surface area contributed by atoms with Crippen molar-refractivity contribution in [3.05, 3.63) is 65.2 Å². The minimum absolute atomic E-state index is 0.0106. The third-order valence-corrected chi connectivity index (χ3v) is 4.53. The SMILES string of the molecule is O=C(O)c1ccc(S(=O)(=O)NCc2ccccc2C(=O)O)cc1. The van der Waals surface area contributed by atoms with Crippen molar-refractivity contribution < 1.29 is 28.2 Å². The van der Waals surface area contributed by atoms with Gasteiger partial charge in [-0.2, -0.15) is 0 Å². The minimum atomic E-state index is -3.88. The second-order valence-corrected chi connectivity index (χ2v) is 6.38. The van der Waals surface area contributed by atoms with Crippen LogP contribution < -0.4 is 4.72 Å². The van der Waals surface area contributed by atoms with Gasteiger partial charge in [0.25, 0.3) is 0 Å². The third-order valence-electron chi connectivity index (χ3n) is 3.11. The van der Waals surface area contributed by atoms with Gasteiger partial charge in [0, 0.05) is 6.54 Å². The Morgan fingerprint density at radius 3 is 2.09 bits per heavy atom. The Balaban J connectivity index is 2.19. The van der Waals surface area contributed by atoms with E-state index in [4.69, 9.17) is 10.2 Å². The summed E-state index contributed by atoms with van der Waals surface area (Å²) in [6, 6.07) is 10.8. The van der Waals surface area contributed by atoms with Gasteiger partial charge in [0.05, 0.1) is 16.0 Å². The maximum atomic E-state index is 12.2. The van der Waals surface area contributed by atoms with Crippen LogP contribution in [-0.2, 0) is 16.6 Å². The smallest absolute Gasteiger partial charge is 0.336 e. The van der Waals surface area contributed by atoms with Crippen molar-refractivity contribution in [1.82, 2.24) is 4.72 Å². The number of aromatic carboxylic acids is 2. The lowest BCUT2D eigenvalue weighted by molar-refractivity contribution is 0.0685. The molecule has 3 N–H and O–H groups in total. The first-order chi connectivity index (χ1) is 10.8. The van der Waals surface area contributed by atoms with Crippen LogP contribution in [0.15, 0.2) is 53.4 Å². The number of hydrogen-bond acceptors (Lipinski definition) is 4. The highest BCUT2D eigenvalue weighted by molar-refractivity contribution is 7.89. The lowest BCUT2D eigenvalue weighted by Crippen LogP contribution is -2.24. The van der Waals surface area contributed by atoms with Gasteiger partial charge in [0.1, 0.15) is 0 Å². The van der Waals surface area contributed by atoms with E-state index in [1.807, 2.05) is 0 Å². The first-order valence-electron chi connectivity index (χ1n) is 6.45. The molecule has 7 nitrogen and oxygen atoms in total. The van der Waals surface area contributed by atoms with Gasteiger partial charge < -0.3 is 10.2 Å². The van der Waals surface area contributed by atoms with E-state index in [0.29, 0.717) is 5.56 Å². The molecule has 0 saturated heterocycles. The number of sulfonamides is 1. The lowest BCUT2D eigenvalue weighted by Gasteiger charge is -2.09. The lowest BCUT2D eigenvalue weighted by atomic mass is 10.1. The number of hydrogen-bond donors (Lipinski definition) is 3. The summed E-state index contributed by atoms with van der Waals surface area (Å²) in [4.78, 5) is 21.7. The summed E-state index contributed by atoms with van der Waals surface area (Å²) in [5, 5.41) is 17.9. The van der Waals surface area contributed by atoms with E-state index in [1.54, 1.807) is 12.1 Å². The monoisotopic (exact) mass is 335 g/mol. The predicted molar refractivity (Wildman–Crippen MR) is 80.8 cm³/mol. The van der Waals surface area contributed by atoms with Crippen LogP contribution in [0.1, 0.15) is 26.3 Å². The molecule has 2 aromatic carbocycles. The van der Waals surface area contributed by atoms with Crippen molar-refractivity contribution in [3.63, 3.8) is 0 Å². The number of rotatable bonds is 6. The number of nitrogens with one attached hydrogen (secondary N) is 1. The van der Waals surface area contributed by atoms with Gasteiger partial charge in [-0.1, -0.05) is 18.2 Å². The van der Waals surface area contributed by atoms with Gasteiger partial charge in [-0.15, -0.1) is 0 Å². The molecule has 0 aliphatic heterocycles. The van der Waals surface area contributed by atoms with E-state index in [1.165, 1.54) is 36.4 Å². The third kappa shape index (κ3) is 3.93. The molecule has 0 spiro atoms. The van der Waals surface area contributed by atoms with Crippen LogP contribution in [0.3, 0.4) is 0 Å².